The fraction of sp³-hybridized carbons (Fsp3) is 0.455. The van der Waals surface area contributed by atoms with Crippen LogP contribution in [0.5, 0.6) is 11.5 Å². The smallest absolute Gasteiger partial charge is 0.121 e. The van der Waals surface area contributed by atoms with Crippen molar-refractivity contribution in [2.24, 2.45) is 0 Å². The summed E-state index contributed by atoms with van der Waals surface area (Å²) in [7, 11) is 0. The Hall–Kier alpha value is -1.22. The topological polar surface area (TPSA) is 49.7 Å². The van der Waals surface area contributed by atoms with Crippen molar-refractivity contribution in [3.05, 3.63) is 23.8 Å². The highest BCUT2D eigenvalue weighted by atomic mass is 16.5. The monoisotopic (exact) mass is 196 g/mol. The molecule has 0 aliphatic carbocycles. The number of phenolic OH excluding ortho intramolecular Hbond substituents is 1. The van der Waals surface area contributed by atoms with E-state index in [0.29, 0.717) is 17.9 Å². The van der Waals surface area contributed by atoms with Gasteiger partial charge in [-0.3, -0.25) is 0 Å². The lowest BCUT2D eigenvalue weighted by Crippen LogP contribution is -1.97. The minimum atomic E-state index is -0.680. The Morgan fingerprint density at radius 2 is 2.14 bits per heavy atom. The standard InChI is InChI=1S/C11H16O3/c1-3-6-14-9-4-5-11(13)10(7-9)8(2)12/h4-5,7-8,12-13H,3,6H2,1-2H3. The first-order chi connectivity index (χ1) is 6.65. The Morgan fingerprint density at radius 1 is 1.43 bits per heavy atom. The van der Waals surface area contributed by atoms with E-state index in [9.17, 15) is 10.2 Å². The van der Waals surface area contributed by atoms with E-state index >= 15 is 0 Å². The Morgan fingerprint density at radius 3 is 2.71 bits per heavy atom. The molecule has 0 bridgehead atoms. The van der Waals surface area contributed by atoms with Crippen molar-refractivity contribution in [3.63, 3.8) is 0 Å². The highest BCUT2D eigenvalue weighted by Crippen LogP contribution is 2.28. The predicted molar refractivity (Wildman–Crippen MR) is 54.5 cm³/mol. The van der Waals surface area contributed by atoms with Crippen LogP contribution in [0.1, 0.15) is 31.9 Å². The van der Waals surface area contributed by atoms with Crippen molar-refractivity contribution >= 4 is 0 Å². The number of aromatic hydroxyl groups is 1. The molecule has 78 valence electrons. The van der Waals surface area contributed by atoms with Gasteiger partial charge in [0.15, 0.2) is 0 Å². The van der Waals surface area contributed by atoms with Crippen LogP contribution in [0.15, 0.2) is 18.2 Å². The minimum Gasteiger partial charge on any atom is -0.508 e. The largest absolute Gasteiger partial charge is 0.508 e. The number of ether oxygens (including phenoxy) is 1. The zero-order chi connectivity index (χ0) is 10.6. The Balaban J connectivity index is 2.83. The average Bonchev–Trinajstić information content (AvgIpc) is 2.16. The molecule has 14 heavy (non-hydrogen) atoms. The van der Waals surface area contributed by atoms with Crippen molar-refractivity contribution in [2.45, 2.75) is 26.4 Å². The average molecular weight is 196 g/mol. The highest BCUT2D eigenvalue weighted by Gasteiger charge is 2.08. The number of aliphatic hydroxyl groups excluding tert-OH is 1. The van der Waals surface area contributed by atoms with Crippen LogP contribution in [0.25, 0.3) is 0 Å². The van der Waals surface area contributed by atoms with E-state index in [1.54, 1.807) is 19.1 Å². The van der Waals surface area contributed by atoms with E-state index in [1.807, 2.05) is 6.92 Å². The SMILES string of the molecule is CCCOc1ccc(O)c(C(C)O)c1. The molecule has 1 aromatic rings. The molecule has 1 aromatic carbocycles. The van der Waals surface area contributed by atoms with Gasteiger partial charge in [0.2, 0.25) is 0 Å². The molecule has 0 radical (unpaired) electrons. The first-order valence-electron chi connectivity index (χ1n) is 4.79. The van der Waals surface area contributed by atoms with Crippen molar-refractivity contribution < 1.29 is 14.9 Å². The third-order valence-corrected chi connectivity index (χ3v) is 1.92. The number of hydrogen-bond acceptors (Lipinski definition) is 3. The highest BCUT2D eigenvalue weighted by molar-refractivity contribution is 5.40. The summed E-state index contributed by atoms with van der Waals surface area (Å²) >= 11 is 0. The molecule has 3 heteroatoms. The lowest BCUT2D eigenvalue weighted by atomic mass is 10.1. The number of rotatable bonds is 4. The quantitative estimate of drug-likeness (QED) is 0.776. The molecule has 3 nitrogen and oxygen atoms in total. The van der Waals surface area contributed by atoms with Gasteiger partial charge in [0.1, 0.15) is 11.5 Å². The molecule has 0 fully saturated rings. The maximum Gasteiger partial charge on any atom is 0.121 e. The van der Waals surface area contributed by atoms with Crippen LogP contribution >= 0.6 is 0 Å². The molecule has 0 saturated carbocycles. The van der Waals surface area contributed by atoms with Gasteiger partial charge in [-0.15, -0.1) is 0 Å². The molecule has 0 heterocycles. The fourth-order valence-corrected chi connectivity index (χ4v) is 1.18. The fourth-order valence-electron chi connectivity index (χ4n) is 1.18. The van der Waals surface area contributed by atoms with Gasteiger partial charge in [-0.1, -0.05) is 6.92 Å². The van der Waals surface area contributed by atoms with Gasteiger partial charge in [0.05, 0.1) is 12.7 Å². The lowest BCUT2D eigenvalue weighted by Gasteiger charge is -2.10. The number of phenols is 1. The van der Waals surface area contributed by atoms with Gasteiger partial charge in [0, 0.05) is 5.56 Å². The van der Waals surface area contributed by atoms with Crippen molar-refractivity contribution in [3.8, 4) is 11.5 Å². The molecule has 0 amide bonds. The summed E-state index contributed by atoms with van der Waals surface area (Å²) in [6.07, 6.45) is 0.255. The van der Waals surface area contributed by atoms with Crippen LogP contribution in [0.3, 0.4) is 0 Å². The molecule has 0 spiro atoms. The van der Waals surface area contributed by atoms with E-state index in [1.165, 1.54) is 6.07 Å². The zero-order valence-electron chi connectivity index (χ0n) is 8.53. The first kappa shape index (κ1) is 10.9. The number of benzene rings is 1. The second kappa shape index (κ2) is 4.86. The van der Waals surface area contributed by atoms with Gasteiger partial charge in [-0.2, -0.15) is 0 Å². The third kappa shape index (κ3) is 2.64. The van der Waals surface area contributed by atoms with Crippen LogP contribution in [-0.2, 0) is 0 Å². The molecule has 1 atom stereocenters. The van der Waals surface area contributed by atoms with Gasteiger partial charge in [-0.05, 0) is 31.5 Å². The Bertz CT molecular complexity index is 295. The van der Waals surface area contributed by atoms with Crippen molar-refractivity contribution in [2.75, 3.05) is 6.61 Å². The first-order valence-corrected chi connectivity index (χ1v) is 4.79. The maximum atomic E-state index is 9.42. The van der Waals surface area contributed by atoms with Crippen LogP contribution in [-0.4, -0.2) is 16.8 Å². The Labute approximate surface area is 84.0 Å². The summed E-state index contributed by atoms with van der Waals surface area (Å²) in [5.41, 5.74) is 0.499. The van der Waals surface area contributed by atoms with Crippen LogP contribution in [0.2, 0.25) is 0 Å². The molecule has 0 aromatic heterocycles. The Kier molecular flexibility index (Phi) is 3.77. The number of hydrogen-bond donors (Lipinski definition) is 2. The van der Waals surface area contributed by atoms with Crippen molar-refractivity contribution in [1.29, 1.82) is 0 Å². The predicted octanol–water partition coefficient (Wildman–Crippen LogP) is 2.23. The van der Waals surface area contributed by atoms with Crippen LogP contribution < -0.4 is 4.74 Å². The zero-order valence-corrected chi connectivity index (χ0v) is 8.53. The summed E-state index contributed by atoms with van der Waals surface area (Å²) in [6, 6.07) is 4.89. The summed E-state index contributed by atoms with van der Waals surface area (Å²) in [5.74, 6) is 0.782. The molecule has 1 rings (SSSR count). The molecular weight excluding hydrogens is 180 g/mol. The summed E-state index contributed by atoms with van der Waals surface area (Å²) in [6.45, 7) is 4.28. The summed E-state index contributed by atoms with van der Waals surface area (Å²) in [4.78, 5) is 0. The van der Waals surface area contributed by atoms with E-state index in [0.717, 1.165) is 6.42 Å². The molecule has 0 aliphatic rings. The molecule has 0 aliphatic heterocycles. The molecule has 1 unspecified atom stereocenters. The molecular formula is C11H16O3. The van der Waals surface area contributed by atoms with E-state index in [-0.39, 0.29) is 5.75 Å². The maximum absolute atomic E-state index is 9.42. The van der Waals surface area contributed by atoms with Gasteiger partial charge in [0.25, 0.3) is 0 Å². The minimum absolute atomic E-state index is 0.101. The lowest BCUT2D eigenvalue weighted by molar-refractivity contribution is 0.194. The van der Waals surface area contributed by atoms with Gasteiger partial charge < -0.3 is 14.9 Å². The van der Waals surface area contributed by atoms with Crippen LogP contribution in [0.4, 0.5) is 0 Å². The summed E-state index contributed by atoms with van der Waals surface area (Å²) in [5, 5.41) is 18.8. The van der Waals surface area contributed by atoms with Gasteiger partial charge in [-0.25, -0.2) is 0 Å². The molecule has 2 N–H and O–H groups in total. The van der Waals surface area contributed by atoms with E-state index < -0.39 is 6.10 Å². The second-order valence-electron chi connectivity index (χ2n) is 3.25. The van der Waals surface area contributed by atoms with Crippen LogP contribution in [0, 0.1) is 0 Å². The summed E-state index contributed by atoms with van der Waals surface area (Å²) < 4.78 is 5.38. The number of aliphatic hydroxyl groups is 1. The van der Waals surface area contributed by atoms with E-state index in [4.69, 9.17) is 4.74 Å². The second-order valence-corrected chi connectivity index (χ2v) is 3.25. The molecule has 0 saturated heterocycles. The van der Waals surface area contributed by atoms with E-state index in [2.05, 4.69) is 0 Å². The van der Waals surface area contributed by atoms with Gasteiger partial charge >= 0.3 is 0 Å². The normalized spacial score (nSPS) is 12.5. The third-order valence-electron chi connectivity index (χ3n) is 1.92. The van der Waals surface area contributed by atoms with Crippen molar-refractivity contribution in [1.82, 2.24) is 0 Å².